The molecule has 0 atom stereocenters. The summed E-state index contributed by atoms with van der Waals surface area (Å²) in [6, 6.07) is 10.4. The molecule has 0 radical (unpaired) electrons. The van der Waals surface area contributed by atoms with Gasteiger partial charge in [-0.2, -0.15) is 0 Å². The minimum absolute atomic E-state index is 0.258. The van der Waals surface area contributed by atoms with Gasteiger partial charge in [0.2, 0.25) is 5.91 Å². The van der Waals surface area contributed by atoms with E-state index in [1.807, 2.05) is 12.1 Å². The quantitative estimate of drug-likeness (QED) is 0.696. The van der Waals surface area contributed by atoms with Gasteiger partial charge in [0.25, 0.3) is 5.91 Å². The second-order valence-electron chi connectivity index (χ2n) is 4.67. The molecule has 120 valence electrons. The van der Waals surface area contributed by atoms with E-state index in [9.17, 15) is 9.59 Å². The van der Waals surface area contributed by atoms with Crippen LogP contribution in [-0.4, -0.2) is 18.9 Å². The molecule has 0 spiro atoms. The van der Waals surface area contributed by atoms with Crippen molar-refractivity contribution in [2.24, 2.45) is 0 Å². The Kier molecular flexibility index (Phi) is 5.84. The van der Waals surface area contributed by atoms with Gasteiger partial charge in [0.05, 0.1) is 23.4 Å². The lowest BCUT2D eigenvalue weighted by molar-refractivity contribution is -0.114. The van der Waals surface area contributed by atoms with Crippen molar-refractivity contribution in [1.82, 2.24) is 0 Å². The monoisotopic (exact) mass is 444 g/mol. The number of halogens is 2. The van der Waals surface area contributed by atoms with Crippen LogP contribution in [0.4, 0.5) is 11.4 Å². The highest BCUT2D eigenvalue weighted by Crippen LogP contribution is 2.31. The standard InChI is InChI=1S/C16H14ClIN2O3/c1-9(21)19-14-8-15(23-2)12(7-13(14)17)16(22)20-11-5-3-10(18)4-6-11/h3-8H,1-2H3,(H,19,21)(H,20,22). The SMILES string of the molecule is COc1cc(NC(C)=O)c(Cl)cc1C(=O)Nc1ccc(I)cc1. The number of rotatable bonds is 4. The lowest BCUT2D eigenvalue weighted by Crippen LogP contribution is -2.14. The fourth-order valence-corrected chi connectivity index (χ4v) is 2.49. The Morgan fingerprint density at radius 1 is 1.13 bits per heavy atom. The van der Waals surface area contributed by atoms with Crippen LogP contribution in [-0.2, 0) is 4.79 Å². The zero-order valence-electron chi connectivity index (χ0n) is 12.4. The summed E-state index contributed by atoms with van der Waals surface area (Å²) >= 11 is 8.30. The number of benzene rings is 2. The van der Waals surface area contributed by atoms with E-state index < -0.39 is 0 Å². The number of nitrogens with one attached hydrogen (secondary N) is 2. The molecule has 0 bridgehead atoms. The highest BCUT2D eigenvalue weighted by atomic mass is 127. The molecule has 2 amide bonds. The number of hydrogen-bond donors (Lipinski definition) is 2. The second kappa shape index (κ2) is 7.65. The number of carbonyl (C=O) groups is 2. The third-order valence-electron chi connectivity index (χ3n) is 2.95. The molecule has 0 aliphatic heterocycles. The van der Waals surface area contributed by atoms with Crippen molar-refractivity contribution in [2.45, 2.75) is 6.92 Å². The van der Waals surface area contributed by atoms with Gasteiger partial charge in [0.1, 0.15) is 5.75 Å². The molecule has 5 nitrogen and oxygen atoms in total. The van der Waals surface area contributed by atoms with Gasteiger partial charge in [0, 0.05) is 22.2 Å². The van der Waals surface area contributed by atoms with Crippen LogP contribution in [0.2, 0.25) is 5.02 Å². The summed E-state index contributed by atoms with van der Waals surface area (Å²) in [6.45, 7) is 1.38. The van der Waals surface area contributed by atoms with Gasteiger partial charge in [-0.15, -0.1) is 0 Å². The molecule has 0 aliphatic carbocycles. The molecule has 23 heavy (non-hydrogen) atoms. The second-order valence-corrected chi connectivity index (χ2v) is 6.33. The normalized spacial score (nSPS) is 10.1. The molecular weight excluding hydrogens is 431 g/mol. The summed E-state index contributed by atoms with van der Waals surface area (Å²) in [6.07, 6.45) is 0. The van der Waals surface area contributed by atoms with E-state index in [0.717, 1.165) is 3.57 Å². The summed E-state index contributed by atoms with van der Waals surface area (Å²) in [4.78, 5) is 23.6. The number of anilines is 2. The first-order chi connectivity index (χ1) is 10.9. The van der Waals surface area contributed by atoms with Gasteiger partial charge in [-0.05, 0) is 52.9 Å². The molecule has 7 heteroatoms. The van der Waals surface area contributed by atoms with Crippen LogP contribution in [0.25, 0.3) is 0 Å². The molecule has 0 fully saturated rings. The number of methoxy groups -OCH3 is 1. The molecule has 2 N–H and O–H groups in total. The summed E-state index contributed by atoms with van der Waals surface area (Å²) < 4.78 is 6.30. The lowest BCUT2D eigenvalue weighted by Gasteiger charge is -2.13. The van der Waals surface area contributed by atoms with Crippen LogP contribution in [0.1, 0.15) is 17.3 Å². The number of amides is 2. The zero-order valence-corrected chi connectivity index (χ0v) is 15.4. The average Bonchev–Trinajstić information content (AvgIpc) is 2.50. The maximum Gasteiger partial charge on any atom is 0.259 e. The number of ether oxygens (including phenoxy) is 1. The largest absolute Gasteiger partial charge is 0.496 e. The van der Waals surface area contributed by atoms with E-state index >= 15 is 0 Å². The van der Waals surface area contributed by atoms with Crippen molar-refractivity contribution in [2.75, 3.05) is 17.7 Å². The molecular formula is C16H14ClIN2O3. The predicted octanol–water partition coefficient (Wildman–Crippen LogP) is 4.16. The zero-order chi connectivity index (χ0) is 17.0. The predicted molar refractivity (Wildman–Crippen MR) is 99.4 cm³/mol. The Morgan fingerprint density at radius 3 is 2.35 bits per heavy atom. The van der Waals surface area contributed by atoms with Crippen LogP contribution >= 0.6 is 34.2 Å². The van der Waals surface area contributed by atoms with E-state index in [4.69, 9.17) is 16.3 Å². The average molecular weight is 445 g/mol. The topological polar surface area (TPSA) is 67.4 Å². The van der Waals surface area contributed by atoms with Crippen molar-refractivity contribution in [3.63, 3.8) is 0 Å². The number of carbonyl (C=O) groups excluding carboxylic acids is 2. The summed E-state index contributed by atoms with van der Waals surface area (Å²) in [5.74, 6) is -0.287. The van der Waals surface area contributed by atoms with Crippen LogP contribution < -0.4 is 15.4 Å². The Hall–Kier alpha value is -1.80. The fraction of sp³-hybridized carbons (Fsp3) is 0.125. The first-order valence-electron chi connectivity index (χ1n) is 6.62. The molecule has 0 aliphatic rings. The van der Waals surface area contributed by atoms with Gasteiger partial charge >= 0.3 is 0 Å². The van der Waals surface area contributed by atoms with Gasteiger partial charge in [-0.1, -0.05) is 11.6 Å². The minimum Gasteiger partial charge on any atom is -0.496 e. The Balaban J connectivity index is 2.30. The van der Waals surface area contributed by atoms with Gasteiger partial charge < -0.3 is 15.4 Å². The molecule has 0 unspecified atom stereocenters. The summed E-state index contributed by atoms with van der Waals surface area (Å²) in [5, 5.41) is 5.62. The van der Waals surface area contributed by atoms with Gasteiger partial charge in [0.15, 0.2) is 0 Å². The smallest absolute Gasteiger partial charge is 0.259 e. The summed E-state index contributed by atoms with van der Waals surface area (Å²) in [5.41, 5.74) is 1.34. The first-order valence-corrected chi connectivity index (χ1v) is 8.08. The highest BCUT2D eigenvalue weighted by molar-refractivity contribution is 14.1. The van der Waals surface area contributed by atoms with Crippen LogP contribution in [0, 0.1) is 3.57 Å². The van der Waals surface area contributed by atoms with Gasteiger partial charge in [-0.3, -0.25) is 9.59 Å². The third-order valence-corrected chi connectivity index (χ3v) is 3.98. The number of hydrogen-bond acceptors (Lipinski definition) is 3. The highest BCUT2D eigenvalue weighted by Gasteiger charge is 2.16. The van der Waals surface area contributed by atoms with E-state index in [0.29, 0.717) is 17.1 Å². The van der Waals surface area contributed by atoms with Crippen LogP contribution in [0.15, 0.2) is 36.4 Å². The van der Waals surface area contributed by atoms with Crippen LogP contribution in [0.5, 0.6) is 5.75 Å². The molecule has 2 aromatic carbocycles. The van der Waals surface area contributed by atoms with E-state index in [-0.39, 0.29) is 22.4 Å². The van der Waals surface area contributed by atoms with E-state index in [1.54, 1.807) is 12.1 Å². The van der Waals surface area contributed by atoms with Gasteiger partial charge in [-0.25, -0.2) is 0 Å². The molecule has 0 heterocycles. The Bertz CT molecular complexity index is 748. The van der Waals surface area contributed by atoms with Crippen molar-refractivity contribution in [3.05, 3.63) is 50.6 Å². The molecule has 2 rings (SSSR count). The Labute approximate surface area is 152 Å². The summed E-state index contributed by atoms with van der Waals surface area (Å²) in [7, 11) is 1.45. The van der Waals surface area contributed by atoms with Crippen molar-refractivity contribution < 1.29 is 14.3 Å². The molecule has 0 aromatic heterocycles. The minimum atomic E-state index is -0.348. The first kappa shape index (κ1) is 17.6. The molecule has 0 saturated heterocycles. The maximum atomic E-state index is 12.4. The fourth-order valence-electron chi connectivity index (χ4n) is 1.92. The van der Waals surface area contributed by atoms with Crippen molar-refractivity contribution in [3.8, 4) is 5.75 Å². The third kappa shape index (κ3) is 4.59. The van der Waals surface area contributed by atoms with Crippen LogP contribution in [0.3, 0.4) is 0 Å². The van der Waals surface area contributed by atoms with E-state index in [2.05, 4.69) is 33.2 Å². The van der Waals surface area contributed by atoms with E-state index in [1.165, 1.54) is 26.2 Å². The Morgan fingerprint density at radius 2 is 1.78 bits per heavy atom. The lowest BCUT2D eigenvalue weighted by atomic mass is 10.1. The maximum absolute atomic E-state index is 12.4. The molecule has 0 saturated carbocycles. The molecule has 2 aromatic rings. The van der Waals surface area contributed by atoms with Crippen molar-refractivity contribution >= 4 is 57.4 Å². The van der Waals surface area contributed by atoms with Crippen molar-refractivity contribution in [1.29, 1.82) is 0 Å².